The normalized spacial score (nSPS) is 12.1. The van der Waals surface area contributed by atoms with Crippen molar-refractivity contribution in [3.63, 3.8) is 0 Å². The molecule has 0 N–H and O–H groups in total. The molecule has 8 aromatic carbocycles. The van der Waals surface area contributed by atoms with Crippen LogP contribution in [0.15, 0.2) is 261 Å². The van der Waals surface area contributed by atoms with Crippen molar-refractivity contribution in [2.45, 2.75) is 40.5 Å². The van der Waals surface area contributed by atoms with Gasteiger partial charge in [-0.1, -0.05) is 25.6 Å². The van der Waals surface area contributed by atoms with E-state index >= 15 is 0 Å². The van der Waals surface area contributed by atoms with E-state index in [0.717, 1.165) is 112 Å². The Bertz CT molecular complexity index is 3750. The molecule has 0 bridgehead atoms. The summed E-state index contributed by atoms with van der Waals surface area (Å²) in [5, 5.41) is 6.50. The molecule has 0 aliphatic rings. The molecule has 0 saturated carbocycles. The zero-order chi connectivity index (χ0) is 62.7. The first-order valence-corrected chi connectivity index (χ1v) is 35.8. The van der Waals surface area contributed by atoms with Crippen LogP contribution < -0.4 is 50.8 Å². The average molecular weight is 1270 g/mol. The van der Waals surface area contributed by atoms with Crippen molar-refractivity contribution in [2.24, 2.45) is 0 Å². The largest absolute Gasteiger partial charge is 0.296 e. The number of nitrogens with zero attached hydrogens (tertiary/aromatic N) is 3. The second kappa shape index (κ2) is 30.5. The molecule has 0 unspecified atom stereocenters. The zero-order valence-corrected chi connectivity index (χ0v) is 54.5. The second-order valence-corrected chi connectivity index (χ2v) is 34.3. The fraction of sp³-hybridized carbons (Fsp3) is 0.128. The van der Waals surface area contributed by atoms with Gasteiger partial charge in [0, 0.05) is 28.2 Å². The number of ether oxygens (including phenoxy) is 4. The number of carbonyl (C=O) groups excluding carboxylic acids is 1. The van der Waals surface area contributed by atoms with Gasteiger partial charge in [0.05, 0.1) is 25.6 Å². The third-order valence-electron chi connectivity index (χ3n) is 15.7. The van der Waals surface area contributed by atoms with E-state index in [2.05, 4.69) is 173 Å². The standard InChI is InChI=1S/C46H42Cl2O2P2.C24H24N2O2.C7H7NO.CH4/c1-49-45-33-38(36-52(48,42-27-15-6-16-28-42,43-29-17-7-18-30-43)44-31-19-8-20-32-44)46(50-2)34-37(45)35-51(47,39-21-9-3-10-22-39,40-23-11-4-12-24-40)41-25-13-5-14-26-41;1-17-7-5-9-21(25-17)13-11-19-15-24(28-4)20(16-23(19)27-3)12-14-22-10-6-8-18(2)26-22;1-6-3-2-4-7(5-9)8-6;/h3-34H,35-36H2,1-2H3;5-16H,1-4H3;2-5H,1H3;1H4/b;13-11+,14-12+;;. The number of hydrogen-bond acceptors (Lipinski definition) is 8. The number of hydrogen-bond donors (Lipinski definition) is 0. The average Bonchev–Trinajstić information content (AvgIpc) is 0.721. The van der Waals surface area contributed by atoms with E-state index in [1.54, 1.807) is 34.5 Å². The van der Waals surface area contributed by atoms with Gasteiger partial charge in [-0.15, -0.1) is 0 Å². The van der Waals surface area contributed by atoms with Gasteiger partial charge >= 0.3 is 319 Å². The quantitative estimate of drug-likeness (QED) is 0.0584. The summed E-state index contributed by atoms with van der Waals surface area (Å²) in [6.45, 7) is 5.81. The van der Waals surface area contributed by atoms with E-state index in [9.17, 15) is 4.79 Å². The Morgan fingerprint density at radius 3 is 0.822 bits per heavy atom. The van der Waals surface area contributed by atoms with Gasteiger partial charge in [-0.25, -0.2) is 0 Å². The van der Waals surface area contributed by atoms with Crippen molar-refractivity contribution >= 4 is 96.8 Å². The molecule has 8 nitrogen and oxygen atoms in total. The summed E-state index contributed by atoms with van der Waals surface area (Å²) in [5.41, 5.74) is 8.90. The number of carbonyl (C=O) groups is 1. The first-order chi connectivity index (χ1) is 43.2. The minimum absolute atomic E-state index is 0. The Labute approximate surface area is 541 Å². The molecule has 458 valence electrons. The minimum atomic E-state index is -3.70. The van der Waals surface area contributed by atoms with Crippen LogP contribution in [0.1, 0.15) is 68.6 Å². The van der Waals surface area contributed by atoms with Gasteiger partial charge in [-0.05, 0) is 93.6 Å². The third kappa shape index (κ3) is 14.7. The Balaban J connectivity index is 0.000000229. The van der Waals surface area contributed by atoms with Gasteiger partial charge in [0.2, 0.25) is 0 Å². The van der Waals surface area contributed by atoms with Crippen LogP contribution in [-0.4, -0.2) is 49.7 Å². The van der Waals surface area contributed by atoms with Crippen molar-refractivity contribution in [1.82, 2.24) is 15.0 Å². The van der Waals surface area contributed by atoms with Crippen LogP contribution in [0.25, 0.3) is 24.3 Å². The van der Waals surface area contributed by atoms with Gasteiger partial charge in [0.25, 0.3) is 0 Å². The van der Waals surface area contributed by atoms with Gasteiger partial charge < -0.3 is 9.47 Å². The zero-order valence-electron chi connectivity index (χ0n) is 51.2. The summed E-state index contributed by atoms with van der Waals surface area (Å²) in [6, 6.07) is 88.6. The van der Waals surface area contributed by atoms with Gasteiger partial charge in [0.15, 0.2) is 6.29 Å². The van der Waals surface area contributed by atoms with E-state index < -0.39 is 11.9 Å². The molecule has 0 fully saturated rings. The molecule has 11 aromatic rings. The van der Waals surface area contributed by atoms with Crippen molar-refractivity contribution in [3.8, 4) is 23.0 Å². The van der Waals surface area contributed by atoms with Crippen LogP contribution in [0.5, 0.6) is 23.0 Å². The number of aldehydes is 1. The van der Waals surface area contributed by atoms with Crippen molar-refractivity contribution in [3.05, 3.63) is 317 Å². The van der Waals surface area contributed by atoms with Crippen molar-refractivity contribution < 1.29 is 23.7 Å². The number of methoxy groups -OCH3 is 4. The van der Waals surface area contributed by atoms with Crippen LogP contribution in [0.4, 0.5) is 0 Å². The maximum Gasteiger partial charge on any atom is 0.168 e. The number of aromatic nitrogens is 3. The topological polar surface area (TPSA) is 92.7 Å². The molecule has 0 saturated heterocycles. The van der Waals surface area contributed by atoms with Crippen LogP contribution in [0.3, 0.4) is 0 Å². The van der Waals surface area contributed by atoms with E-state index in [1.165, 1.54) is 0 Å². The minimum Gasteiger partial charge on any atom is -0.296 e. The summed E-state index contributed by atoms with van der Waals surface area (Å²) in [4.78, 5) is 23.0. The Morgan fingerprint density at radius 2 is 0.589 bits per heavy atom. The summed E-state index contributed by atoms with van der Waals surface area (Å²) in [6.07, 6.45) is 9.66. The molecule has 3 heterocycles. The number of rotatable bonds is 19. The van der Waals surface area contributed by atoms with Crippen molar-refractivity contribution in [1.29, 1.82) is 0 Å². The molecule has 0 spiro atoms. The van der Waals surface area contributed by atoms with E-state index in [1.807, 2.05) is 142 Å². The molecule has 0 aliphatic heterocycles. The van der Waals surface area contributed by atoms with E-state index in [4.69, 9.17) is 41.4 Å². The predicted molar refractivity (Wildman–Crippen MR) is 385 cm³/mol. The summed E-state index contributed by atoms with van der Waals surface area (Å²) >= 11 is 17.1. The third-order valence-corrected chi connectivity index (χ3v) is 30.0. The maximum absolute atomic E-state index is 10.1. The second-order valence-electron chi connectivity index (χ2n) is 21.4. The Hall–Kier alpha value is -9.00. The van der Waals surface area contributed by atoms with E-state index in [0.29, 0.717) is 18.0 Å². The number of benzene rings is 8. The van der Waals surface area contributed by atoms with Crippen LogP contribution in [0, 0.1) is 20.8 Å². The first-order valence-electron chi connectivity index (χ1n) is 29.2. The molecule has 12 heteroatoms. The maximum atomic E-state index is 10.1. The van der Waals surface area contributed by atoms with E-state index in [-0.39, 0.29) is 7.43 Å². The van der Waals surface area contributed by atoms with Gasteiger partial charge in [-0.2, -0.15) is 0 Å². The SMILES string of the molecule is C.COc1cc(/C=C/c2cccc(C)n2)c(OC)cc1/C=C/c1cccc(C)n1.COc1cc(CP(Cl)(c2ccccc2)(c2ccccc2)c2ccccc2)c(OC)cc1CP(Cl)(c1ccccc1)(c1ccccc1)c1ccccc1.Cc1cccc(C=O)n1. The molecular weight excluding hydrogens is 1190 g/mol. The Morgan fingerprint density at radius 1 is 0.333 bits per heavy atom. The smallest absolute Gasteiger partial charge is 0.168 e. The molecule has 11 rings (SSSR count). The van der Waals surface area contributed by atoms with Crippen molar-refractivity contribution in [2.75, 3.05) is 28.4 Å². The Kier molecular flexibility index (Phi) is 22.7. The molecule has 3 aromatic heterocycles. The summed E-state index contributed by atoms with van der Waals surface area (Å²) in [7, 11) is 6.80. The molecule has 0 aliphatic carbocycles. The number of aryl methyl sites for hydroxylation is 3. The molecule has 0 amide bonds. The molecule has 90 heavy (non-hydrogen) atoms. The number of pyridine rings is 3. The van der Waals surface area contributed by atoms with Crippen LogP contribution in [0.2, 0.25) is 0 Å². The summed E-state index contributed by atoms with van der Waals surface area (Å²) in [5.74, 6) is -4.38. The van der Waals surface area contributed by atoms with Crippen LogP contribution in [-0.2, 0) is 12.3 Å². The first kappa shape index (κ1) is 66.9. The van der Waals surface area contributed by atoms with Crippen LogP contribution >= 0.6 is 34.4 Å². The molecule has 0 radical (unpaired) electrons. The molecular formula is C78H77Cl2N3O5P2. The fourth-order valence-corrected chi connectivity index (χ4v) is 23.5. The van der Waals surface area contributed by atoms with Gasteiger partial charge in [-0.3, -0.25) is 19.7 Å². The predicted octanol–water partition coefficient (Wildman–Crippen LogP) is 17.4. The number of halogens is 2. The monoisotopic (exact) mass is 1270 g/mol. The fourth-order valence-electron chi connectivity index (χ4n) is 11.3. The molecule has 0 atom stereocenters. The van der Waals surface area contributed by atoms with Gasteiger partial charge in [0.1, 0.15) is 17.2 Å². The summed E-state index contributed by atoms with van der Waals surface area (Å²) < 4.78 is 23.8.